The third-order valence-electron chi connectivity index (χ3n) is 4.23. The van der Waals surface area contributed by atoms with Crippen molar-refractivity contribution in [3.63, 3.8) is 0 Å². The summed E-state index contributed by atoms with van der Waals surface area (Å²) in [6.45, 7) is 0. The smallest absolute Gasteiger partial charge is 0.307 e. The van der Waals surface area contributed by atoms with E-state index < -0.39 is 11.9 Å². The summed E-state index contributed by atoms with van der Waals surface area (Å²) >= 11 is 2.22. The third-order valence-corrected chi connectivity index (χ3v) is 4.90. The Kier molecular flexibility index (Phi) is 6.21. The second-order valence-corrected chi connectivity index (χ2v) is 7.12. The number of halogens is 1. The van der Waals surface area contributed by atoms with Gasteiger partial charge in [-0.2, -0.15) is 0 Å². The monoisotopic (exact) mass is 400 g/mol. The molecule has 1 atom stereocenters. The molecule has 3 nitrogen and oxygen atoms in total. The molecule has 1 fully saturated rings. The van der Waals surface area contributed by atoms with Gasteiger partial charge in [-0.15, -0.1) is 0 Å². The van der Waals surface area contributed by atoms with Crippen molar-refractivity contribution < 1.29 is 14.7 Å². The number of hydrogen-bond donors (Lipinski definition) is 1. The lowest BCUT2D eigenvalue weighted by molar-refractivity contribution is -0.144. The standard InChI is InChI=1S/C17H21IO3/c18-15-8-4-5-12(10-15)9-14(17(20)21)11-16(19)13-6-2-1-3-7-13/h4-5,8,10,13-14H,1-3,6-7,9,11H2,(H,20,21). The molecule has 1 unspecified atom stereocenters. The van der Waals surface area contributed by atoms with Gasteiger partial charge < -0.3 is 5.11 Å². The summed E-state index contributed by atoms with van der Waals surface area (Å²) in [6, 6.07) is 7.83. The lowest BCUT2D eigenvalue weighted by Gasteiger charge is -2.22. The maximum absolute atomic E-state index is 12.3. The predicted molar refractivity (Wildman–Crippen MR) is 90.2 cm³/mol. The zero-order chi connectivity index (χ0) is 15.2. The van der Waals surface area contributed by atoms with Crippen LogP contribution in [0.25, 0.3) is 0 Å². The number of benzene rings is 1. The van der Waals surface area contributed by atoms with Gasteiger partial charge in [-0.25, -0.2) is 0 Å². The fourth-order valence-electron chi connectivity index (χ4n) is 3.03. The van der Waals surface area contributed by atoms with Crippen LogP contribution in [0.5, 0.6) is 0 Å². The summed E-state index contributed by atoms with van der Waals surface area (Å²) in [5, 5.41) is 9.40. The second kappa shape index (κ2) is 7.92. The summed E-state index contributed by atoms with van der Waals surface area (Å²) in [4.78, 5) is 23.8. The minimum atomic E-state index is -0.863. The molecule has 1 aliphatic rings. The van der Waals surface area contributed by atoms with E-state index in [0.29, 0.717) is 6.42 Å². The van der Waals surface area contributed by atoms with Gasteiger partial charge in [-0.05, 0) is 59.5 Å². The summed E-state index contributed by atoms with van der Waals surface area (Å²) in [5.41, 5.74) is 0.991. The van der Waals surface area contributed by atoms with Gasteiger partial charge in [-0.1, -0.05) is 31.4 Å². The molecule has 1 N–H and O–H groups in total. The Balaban J connectivity index is 1.98. The van der Waals surface area contributed by atoms with Gasteiger partial charge in [0.05, 0.1) is 5.92 Å². The first kappa shape index (κ1) is 16.5. The number of carbonyl (C=O) groups excluding carboxylic acids is 1. The molecular formula is C17H21IO3. The minimum absolute atomic E-state index is 0.0940. The van der Waals surface area contributed by atoms with Crippen molar-refractivity contribution in [1.29, 1.82) is 0 Å². The lowest BCUT2D eigenvalue weighted by atomic mass is 9.82. The number of Topliss-reactive ketones (excluding diaryl/α,β-unsaturated/α-hetero) is 1. The molecule has 0 amide bonds. The summed E-state index contributed by atoms with van der Waals surface area (Å²) in [6.07, 6.45) is 5.89. The van der Waals surface area contributed by atoms with Crippen molar-refractivity contribution >= 4 is 34.3 Å². The first-order valence-electron chi connectivity index (χ1n) is 7.56. The molecule has 0 aliphatic heterocycles. The van der Waals surface area contributed by atoms with Crippen LogP contribution in [0, 0.1) is 15.4 Å². The molecule has 0 bridgehead atoms. The van der Waals surface area contributed by atoms with Crippen molar-refractivity contribution in [3.8, 4) is 0 Å². The van der Waals surface area contributed by atoms with Gasteiger partial charge in [0, 0.05) is 15.9 Å². The highest BCUT2D eigenvalue weighted by Gasteiger charge is 2.27. The number of ketones is 1. The first-order valence-corrected chi connectivity index (χ1v) is 8.64. The fraction of sp³-hybridized carbons (Fsp3) is 0.529. The third kappa shape index (κ3) is 5.09. The minimum Gasteiger partial charge on any atom is -0.481 e. The van der Waals surface area contributed by atoms with Crippen molar-refractivity contribution in [2.24, 2.45) is 11.8 Å². The van der Waals surface area contributed by atoms with Gasteiger partial charge >= 0.3 is 5.97 Å². The molecule has 0 spiro atoms. The number of hydrogen-bond acceptors (Lipinski definition) is 2. The molecule has 21 heavy (non-hydrogen) atoms. The van der Waals surface area contributed by atoms with Crippen LogP contribution in [0.3, 0.4) is 0 Å². The second-order valence-electron chi connectivity index (χ2n) is 5.87. The maximum atomic E-state index is 12.3. The van der Waals surface area contributed by atoms with E-state index in [0.717, 1.165) is 34.8 Å². The van der Waals surface area contributed by atoms with E-state index in [4.69, 9.17) is 0 Å². The molecule has 1 aromatic carbocycles. The number of carboxylic acid groups (broad SMARTS) is 1. The Morgan fingerprint density at radius 3 is 2.57 bits per heavy atom. The zero-order valence-corrected chi connectivity index (χ0v) is 14.2. The number of aliphatic carboxylic acids is 1. The SMILES string of the molecule is O=C(O)C(CC(=O)C1CCCCC1)Cc1cccc(I)c1. The fourth-order valence-corrected chi connectivity index (χ4v) is 3.64. The van der Waals surface area contributed by atoms with Crippen LogP contribution in [-0.2, 0) is 16.0 Å². The maximum Gasteiger partial charge on any atom is 0.307 e. The molecule has 114 valence electrons. The predicted octanol–water partition coefficient (Wildman–Crippen LogP) is 4.07. The van der Waals surface area contributed by atoms with Crippen LogP contribution in [0.4, 0.5) is 0 Å². The zero-order valence-electron chi connectivity index (χ0n) is 12.1. The average Bonchev–Trinajstić information content (AvgIpc) is 2.47. The van der Waals surface area contributed by atoms with Crippen LogP contribution in [0.2, 0.25) is 0 Å². The van der Waals surface area contributed by atoms with Crippen LogP contribution >= 0.6 is 22.6 Å². The quantitative estimate of drug-likeness (QED) is 0.733. The van der Waals surface area contributed by atoms with Crippen molar-refractivity contribution in [2.75, 3.05) is 0 Å². The topological polar surface area (TPSA) is 54.4 Å². The molecule has 1 aliphatic carbocycles. The number of carbonyl (C=O) groups is 2. The molecule has 0 radical (unpaired) electrons. The Hall–Kier alpha value is -0.910. The largest absolute Gasteiger partial charge is 0.481 e. The average molecular weight is 400 g/mol. The molecule has 4 heteroatoms. The first-order chi connectivity index (χ1) is 10.1. The van der Waals surface area contributed by atoms with Gasteiger partial charge in [-0.3, -0.25) is 9.59 Å². The van der Waals surface area contributed by atoms with E-state index in [1.165, 1.54) is 6.42 Å². The van der Waals surface area contributed by atoms with E-state index in [1.54, 1.807) is 0 Å². The number of rotatable bonds is 6. The Morgan fingerprint density at radius 1 is 1.24 bits per heavy atom. The summed E-state index contributed by atoms with van der Waals surface area (Å²) in [7, 11) is 0. The molecule has 2 rings (SSSR count). The highest BCUT2D eigenvalue weighted by atomic mass is 127. The lowest BCUT2D eigenvalue weighted by Crippen LogP contribution is -2.25. The highest BCUT2D eigenvalue weighted by molar-refractivity contribution is 14.1. The van der Waals surface area contributed by atoms with E-state index in [1.807, 2.05) is 24.3 Å². The Labute approximate surface area is 139 Å². The van der Waals surface area contributed by atoms with Crippen LogP contribution in [0.15, 0.2) is 24.3 Å². The summed E-state index contributed by atoms with van der Waals surface area (Å²) < 4.78 is 1.09. The molecule has 0 heterocycles. The van der Waals surface area contributed by atoms with Gasteiger partial charge in [0.15, 0.2) is 0 Å². The number of carboxylic acids is 1. The van der Waals surface area contributed by atoms with Gasteiger partial charge in [0.25, 0.3) is 0 Å². The Bertz CT molecular complexity index is 507. The molecule has 1 saturated carbocycles. The summed E-state index contributed by atoms with van der Waals surface area (Å²) in [5.74, 6) is -1.22. The molecule has 0 aromatic heterocycles. The molecule has 1 aromatic rings. The van der Waals surface area contributed by atoms with Crippen LogP contribution in [-0.4, -0.2) is 16.9 Å². The van der Waals surface area contributed by atoms with E-state index in [-0.39, 0.29) is 18.1 Å². The van der Waals surface area contributed by atoms with Gasteiger partial charge in [0.1, 0.15) is 5.78 Å². The van der Waals surface area contributed by atoms with E-state index in [9.17, 15) is 14.7 Å². The normalized spacial score (nSPS) is 17.4. The van der Waals surface area contributed by atoms with E-state index in [2.05, 4.69) is 22.6 Å². The van der Waals surface area contributed by atoms with E-state index >= 15 is 0 Å². The highest BCUT2D eigenvalue weighted by Crippen LogP contribution is 2.27. The Morgan fingerprint density at radius 2 is 1.95 bits per heavy atom. The van der Waals surface area contributed by atoms with Crippen LogP contribution < -0.4 is 0 Å². The molecular weight excluding hydrogens is 379 g/mol. The van der Waals surface area contributed by atoms with Crippen molar-refractivity contribution in [1.82, 2.24) is 0 Å². The van der Waals surface area contributed by atoms with Crippen molar-refractivity contribution in [3.05, 3.63) is 33.4 Å². The van der Waals surface area contributed by atoms with Crippen LogP contribution in [0.1, 0.15) is 44.1 Å². The molecule has 0 saturated heterocycles. The van der Waals surface area contributed by atoms with Crippen molar-refractivity contribution in [2.45, 2.75) is 44.9 Å². The van der Waals surface area contributed by atoms with Gasteiger partial charge in [0.2, 0.25) is 0 Å².